The molecule has 7 heteroatoms. The lowest BCUT2D eigenvalue weighted by atomic mass is 10.1. The number of benzene rings is 2. The van der Waals surface area contributed by atoms with Crippen molar-refractivity contribution >= 4 is 5.69 Å². The number of nitrogens with two attached hydrogens (primary N) is 1. The average molecular weight is 427 g/mol. The number of aromatic nitrogens is 4. The molecule has 0 unspecified atom stereocenters. The van der Waals surface area contributed by atoms with Gasteiger partial charge in [-0.2, -0.15) is 5.10 Å². The van der Waals surface area contributed by atoms with Gasteiger partial charge in [0.25, 0.3) is 0 Å². The summed E-state index contributed by atoms with van der Waals surface area (Å²) >= 11 is 0. The number of anilines is 1. The zero-order chi connectivity index (χ0) is 22.1. The van der Waals surface area contributed by atoms with Crippen LogP contribution in [-0.2, 0) is 19.5 Å². The van der Waals surface area contributed by atoms with Gasteiger partial charge in [-0.15, -0.1) is 0 Å². The van der Waals surface area contributed by atoms with E-state index in [-0.39, 0.29) is 0 Å². The van der Waals surface area contributed by atoms with E-state index in [9.17, 15) is 0 Å². The van der Waals surface area contributed by atoms with Gasteiger partial charge in [0.15, 0.2) is 5.82 Å². The van der Waals surface area contributed by atoms with Gasteiger partial charge >= 0.3 is 0 Å². The summed E-state index contributed by atoms with van der Waals surface area (Å²) in [5.74, 6) is 1.60. The molecule has 0 saturated heterocycles. The number of nitrogens with zero attached hydrogens (tertiary/aromatic N) is 5. The quantitative estimate of drug-likeness (QED) is 0.489. The molecule has 0 amide bonds. The van der Waals surface area contributed by atoms with Crippen molar-refractivity contribution in [2.45, 2.75) is 26.4 Å². The zero-order valence-corrected chi connectivity index (χ0v) is 18.3. The van der Waals surface area contributed by atoms with E-state index in [1.54, 1.807) is 7.11 Å². The Morgan fingerprint density at radius 1 is 1.03 bits per heavy atom. The smallest absolute Gasteiger partial charge is 0.159 e. The van der Waals surface area contributed by atoms with Gasteiger partial charge in [-0.25, -0.2) is 14.6 Å². The lowest BCUT2D eigenvalue weighted by molar-refractivity contribution is 0.242. The van der Waals surface area contributed by atoms with E-state index < -0.39 is 0 Å². The zero-order valence-electron chi connectivity index (χ0n) is 18.3. The van der Waals surface area contributed by atoms with Crippen LogP contribution >= 0.6 is 0 Å². The molecular formula is C25H26N6O. The van der Waals surface area contributed by atoms with Crippen LogP contribution in [0.1, 0.15) is 22.5 Å². The Balaban J connectivity index is 1.30. The summed E-state index contributed by atoms with van der Waals surface area (Å²) < 4.78 is 7.24. The molecule has 0 fully saturated rings. The molecule has 0 atom stereocenters. The predicted octanol–water partition coefficient (Wildman–Crippen LogP) is 3.79. The number of rotatable bonds is 5. The van der Waals surface area contributed by atoms with Crippen LogP contribution < -0.4 is 10.5 Å². The van der Waals surface area contributed by atoms with Gasteiger partial charge in [0.1, 0.15) is 5.75 Å². The molecule has 5 rings (SSSR count). The van der Waals surface area contributed by atoms with Gasteiger partial charge in [-0.3, -0.25) is 4.90 Å². The average Bonchev–Trinajstić information content (AvgIpc) is 3.19. The van der Waals surface area contributed by atoms with Crippen molar-refractivity contribution in [1.29, 1.82) is 0 Å². The molecule has 1 aliphatic rings. The molecule has 0 bridgehead atoms. The van der Waals surface area contributed by atoms with Crippen LogP contribution in [0.15, 0.2) is 60.9 Å². The molecule has 32 heavy (non-hydrogen) atoms. The number of nitrogen functional groups attached to an aromatic ring is 1. The minimum absolute atomic E-state index is 0.743. The second-order valence-corrected chi connectivity index (χ2v) is 8.11. The highest BCUT2D eigenvalue weighted by Crippen LogP contribution is 2.24. The van der Waals surface area contributed by atoms with Crippen LogP contribution in [0.2, 0.25) is 0 Å². The third-order valence-electron chi connectivity index (χ3n) is 6.00. The summed E-state index contributed by atoms with van der Waals surface area (Å²) in [5.41, 5.74) is 13.3. The fourth-order valence-electron chi connectivity index (χ4n) is 4.10. The Hall–Kier alpha value is -3.71. The Bertz CT molecular complexity index is 1230. The predicted molar refractivity (Wildman–Crippen MR) is 125 cm³/mol. The van der Waals surface area contributed by atoms with E-state index in [0.717, 1.165) is 66.0 Å². The van der Waals surface area contributed by atoms with E-state index in [1.165, 1.54) is 11.1 Å². The topological polar surface area (TPSA) is 82.1 Å². The normalized spacial score (nSPS) is 13.7. The van der Waals surface area contributed by atoms with Gasteiger partial charge in [0.2, 0.25) is 0 Å². The molecule has 2 aromatic heterocycles. The maximum atomic E-state index is 5.79. The first-order valence-corrected chi connectivity index (χ1v) is 10.7. The van der Waals surface area contributed by atoms with E-state index in [0.29, 0.717) is 0 Å². The third kappa shape index (κ3) is 3.94. The van der Waals surface area contributed by atoms with Gasteiger partial charge in [-0.1, -0.05) is 0 Å². The maximum absolute atomic E-state index is 5.79. The lowest BCUT2D eigenvalue weighted by Gasteiger charge is -2.28. The van der Waals surface area contributed by atoms with E-state index >= 15 is 0 Å². The molecule has 0 aliphatic carbocycles. The third-order valence-corrected chi connectivity index (χ3v) is 6.00. The van der Waals surface area contributed by atoms with Gasteiger partial charge in [-0.05, 0) is 55.5 Å². The standard InChI is InChI=1S/C25H26N6O/c1-17-19(14-28-31(17)22-7-9-23(32-2)10-8-22)15-30-12-11-24-20(16-30)13-27-25(29-24)18-3-5-21(26)6-4-18/h3-10,13-14H,11-12,15-16,26H2,1-2H3. The van der Waals surface area contributed by atoms with Crippen LogP contribution in [0.5, 0.6) is 5.75 Å². The highest BCUT2D eigenvalue weighted by atomic mass is 16.5. The number of fused-ring (bicyclic) bond motifs is 1. The van der Waals surface area contributed by atoms with Crippen LogP contribution in [0.4, 0.5) is 5.69 Å². The monoisotopic (exact) mass is 426 g/mol. The van der Waals surface area contributed by atoms with Gasteiger partial charge in [0, 0.05) is 60.3 Å². The van der Waals surface area contributed by atoms with Crippen molar-refractivity contribution in [2.75, 3.05) is 19.4 Å². The Morgan fingerprint density at radius 2 is 1.81 bits per heavy atom. The Kier molecular flexibility index (Phi) is 5.33. The second kappa shape index (κ2) is 8.43. The van der Waals surface area contributed by atoms with E-state index in [2.05, 4.69) is 21.9 Å². The molecule has 162 valence electrons. The highest BCUT2D eigenvalue weighted by Gasteiger charge is 2.20. The summed E-state index contributed by atoms with van der Waals surface area (Å²) in [7, 11) is 1.67. The van der Waals surface area contributed by atoms with Crippen LogP contribution in [0.25, 0.3) is 17.1 Å². The fourth-order valence-corrected chi connectivity index (χ4v) is 4.10. The highest BCUT2D eigenvalue weighted by molar-refractivity contribution is 5.58. The molecule has 4 aromatic rings. The summed E-state index contributed by atoms with van der Waals surface area (Å²) in [6.45, 7) is 4.76. The Labute approximate surface area is 187 Å². The first-order valence-electron chi connectivity index (χ1n) is 10.7. The summed E-state index contributed by atoms with van der Waals surface area (Å²) in [4.78, 5) is 11.9. The van der Waals surface area contributed by atoms with Crippen molar-refractivity contribution in [3.63, 3.8) is 0 Å². The van der Waals surface area contributed by atoms with Crippen molar-refractivity contribution in [3.8, 4) is 22.8 Å². The summed E-state index contributed by atoms with van der Waals surface area (Å²) in [5, 5.41) is 4.62. The molecule has 3 heterocycles. The molecule has 0 saturated carbocycles. The molecule has 1 aliphatic heterocycles. The maximum Gasteiger partial charge on any atom is 0.159 e. The van der Waals surface area contributed by atoms with Crippen molar-refractivity contribution < 1.29 is 4.74 Å². The number of hydrogen-bond acceptors (Lipinski definition) is 6. The Morgan fingerprint density at radius 3 is 2.56 bits per heavy atom. The molecule has 2 N–H and O–H groups in total. The number of methoxy groups -OCH3 is 1. The van der Waals surface area contributed by atoms with Gasteiger partial charge < -0.3 is 10.5 Å². The minimum Gasteiger partial charge on any atom is -0.497 e. The molecule has 2 aromatic carbocycles. The summed E-state index contributed by atoms with van der Waals surface area (Å²) in [6, 6.07) is 15.7. The second-order valence-electron chi connectivity index (χ2n) is 8.11. The lowest BCUT2D eigenvalue weighted by Crippen LogP contribution is -2.31. The largest absolute Gasteiger partial charge is 0.497 e. The molecule has 0 radical (unpaired) electrons. The van der Waals surface area contributed by atoms with Crippen molar-refractivity contribution in [2.24, 2.45) is 0 Å². The van der Waals surface area contributed by atoms with Crippen molar-refractivity contribution in [3.05, 3.63) is 83.4 Å². The SMILES string of the molecule is COc1ccc(-n2ncc(CN3CCc4nc(-c5ccc(N)cc5)ncc4C3)c2C)cc1. The van der Waals surface area contributed by atoms with Gasteiger partial charge in [0.05, 0.1) is 24.7 Å². The first-order chi connectivity index (χ1) is 15.6. The summed E-state index contributed by atoms with van der Waals surface area (Å²) in [6.07, 6.45) is 4.84. The van der Waals surface area contributed by atoms with Crippen LogP contribution in [0.3, 0.4) is 0 Å². The number of hydrogen-bond donors (Lipinski definition) is 1. The number of ether oxygens (including phenoxy) is 1. The van der Waals surface area contributed by atoms with Crippen molar-refractivity contribution in [1.82, 2.24) is 24.6 Å². The van der Waals surface area contributed by atoms with Crippen LogP contribution in [0, 0.1) is 6.92 Å². The van der Waals surface area contributed by atoms with Crippen LogP contribution in [-0.4, -0.2) is 38.3 Å². The van der Waals surface area contributed by atoms with E-state index in [4.69, 9.17) is 15.5 Å². The first kappa shape index (κ1) is 20.2. The molecular weight excluding hydrogens is 400 g/mol. The van der Waals surface area contributed by atoms with E-state index in [1.807, 2.05) is 65.6 Å². The minimum atomic E-state index is 0.743. The molecule has 0 spiro atoms. The fraction of sp³-hybridized carbons (Fsp3) is 0.240. The molecule has 7 nitrogen and oxygen atoms in total.